The molecule has 2 heterocycles. The first kappa shape index (κ1) is 11.5. The summed E-state index contributed by atoms with van der Waals surface area (Å²) in [7, 11) is 0. The van der Waals surface area contributed by atoms with E-state index in [2.05, 4.69) is 9.88 Å². The van der Waals surface area contributed by atoms with Gasteiger partial charge in [-0.15, -0.1) is 11.3 Å². The Morgan fingerprint density at radius 2 is 2.28 bits per heavy atom. The number of anilines is 1. The van der Waals surface area contributed by atoms with Crippen molar-refractivity contribution in [2.75, 3.05) is 12.3 Å². The lowest BCUT2D eigenvalue weighted by Crippen LogP contribution is -2.29. The van der Waals surface area contributed by atoms with Gasteiger partial charge in [0.15, 0.2) is 5.13 Å². The summed E-state index contributed by atoms with van der Waals surface area (Å²) >= 11 is 1.54. The van der Waals surface area contributed by atoms with Gasteiger partial charge < -0.3 is 10.8 Å². The Kier molecular flexibility index (Phi) is 2.93. The molecule has 1 aromatic carbocycles. The van der Waals surface area contributed by atoms with Gasteiger partial charge in [-0.1, -0.05) is 6.07 Å². The second-order valence-electron chi connectivity index (χ2n) is 4.58. The van der Waals surface area contributed by atoms with E-state index < -0.39 is 0 Å². The van der Waals surface area contributed by atoms with Crippen molar-refractivity contribution in [2.45, 2.75) is 19.5 Å². The summed E-state index contributed by atoms with van der Waals surface area (Å²) in [5, 5.41) is 10.1. The highest BCUT2D eigenvalue weighted by Gasteiger charge is 2.17. The number of benzene rings is 1. The van der Waals surface area contributed by atoms with E-state index >= 15 is 0 Å². The molecule has 5 heteroatoms. The molecule has 0 saturated heterocycles. The number of aromatic nitrogens is 1. The largest absolute Gasteiger partial charge is 0.508 e. The van der Waals surface area contributed by atoms with Crippen molar-refractivity contribution in [2.24, 2.45) is 0 Å². The van der Waals surface area contributed by atoms with Crippen LogP contribution in [0.25, 0.3) is 0 Å². The maximum absolute atomic E-state index is 9.52. The van der Waals surface area contributed by atoms with Gasteiger partial charge in [0.25, 0.3) is 0 Å². The molecule has 3 rings (SSSR count). The average Bonchev–Trinajstić information content (AvgIpc) is 2.74. The quantitative estimate of drug-likeness (QED) is 0.868. The van der Waals surface area contributed by atoms with E-state index in [0.717, 1.165) is 26.1 Å². The lowest BCUT2D eigenvalue weighted by molar-refractivity contribution is 0.247. The minimum atomic E-state index is 0.345. The molecule has 0 amide bonds. The molecule has 0 unspecified atom stereocenters. The second-order valence-corrected chi connectivity index (χ2v) is 5.73. The summed E-state index contributed by atoms with van der Waals surface area (Å²) in [5.41, 5.74) is 8.20. The monoisotopic (exact) mass is 261 g/mol. The predicted molar refractivity (Wildman–Crippen MR) is 72.5 cm³/mol. The zero-order valence-corrected chi connectivity index (χ0v) is 10.8. The van der Waals surface area contributed by atoms with Crippen LogP contribution in [0.2, 0.25) is 0 Å². The third-order valence-corrected chi connectivity index (χ3v) is 4.04. The predicted octanol–water partition coefficient (Wildman–Crippen LogP) is 1.99. The first-order chi connectivity index (χ1) is 8.70. The molecular formula is C13H15N3OS. The first-order valence-corrected chi connectivity index (χ1v) is 6.75. The van der Waals surface area contributed by atoms with Crippen molar-refractivity contribution in [3.8, 4) is 5.75 Å². The minimum absolute atomic E-state index is 0.345. The number of nitrogens with zero attached hydrogens (tertiary/aromatic N) is 2. The third kappa shape index (κ3) is 2.32. The van der Waals surface area contributed by atoms with E-state index in [9.17, 15) is 5.11 Å². The fourth-order valence-electron chi connectivity index (χ4n) is 2.35. The van der Waals surface area contributed by atoms with Crippen molar-refractivity contribution in [3.63, 3.8) is 0 Å². The summed E-state index contributed by atoms with van der Waals surface area (Å²) in [6.45, 7) is 2.79. The Balaban J connectivity index is 1.74. The molecule has 4 nitrogen and oxygen atoms in total. The van der Waals surface area contributed by atoms with Crippen LogP contribution in [0.1, 0.15) is 16.0 Å². The van der Waals surface area contributed by atoms with Gasteiger partial charge in [0.2, 0.25) is 0 Å². The van der Waals surface area contributed by atoms with Crippen LogP contribution in [0.15, 0.2) is 24.4 Å². The van der Waals surface area contributed by atoms with Gasteiger partial charge in [-0.05, 0) is 29.7 Å². The van der Waals surface area contributed by atoms with E-state index in [1.165, 1.54) is 16.0 Å². The van der Waals surface area contributed by atoms with Crippen molar-refractivity contribution in [3.05, 3.63) is 40.4 Å². The Hall–Kier alpha value is -1.59. The summed E-state index contributed by atoms with van der Waals surface area (Å²) in [6.07, 6.45) is 2.88. The molecule has 1 aliphatic heterocycles. The van der Waals surface area contributed by atoms with Crippen LogP contribution in [0.4, 0.5) is 5.13 Å². The molecule has 0 spiro atoms. The lowest BCUT2D eigenvalue weighted by atomic mass is 9.99. The fourth-order valence-corrected chi connectivity index (χ4v) is 3.08. The lowest BCUT2D eigenvalue weighted by Gasteiger charge is -2.28. The number of aromatic hydroxyl groups is 1. The van der Waals surface area contributed by atoms with Crippen molar-refractivity contribution in [1.82, 2.24) is 9.88 Å². The molecule has 0 fully saturated rings. The van der Waals surface area contributed by atoms with Gasteiger partial charge in [-0.2, -0.15) is 0 Å². The van der Waals surface area contributed by atoms with Gasteiger partial charge in [-0.25, -0.2) is 4.98 Å². The average molecular weight is 261 g/mol. The highest BCUT2D eigenvalue weighted by atomic mass is 32.1. The van der Waals surface area contributed by atoms with Gasteiger partial charge in [-0.3, -0.25) is 4.90 Å². The van der Waals surface area contributed by atoms with E-state index in [4.69, 9.17) is 5.73 Å². The summed E-state index contributed by atoms with van der Waals surface area (Å²) in [6, 6.07) is 5.65. The van der Waals surface area contributed by atoms with Crippen LogP contribution in [-0.2, 0) is 19.5 Å². The molecule has 94 valence electrons. The first-order valence-electron chi connectivity index (χ1n) is 5.94. The molecule has 2 aromatic rings. The van der Waals surface area contributed by atoms with Crippen molar-refractivity contribution < 1.29 is 5.11 Å². The zero-order chi connectivity index (χ0) is 12.5. The standard InChI is InChI=1S/C13H15N3OS/c14-13-15-6-12(18-13)8-16-4-3-9-1-2-11(17)5-10(9)7-16/h1-2,5-6,17H,3-4,7-8H2,(H2,14,15). The maximum atomic E-state index is 9.52. The fraction of sp³-hybridized carbons (Fsp3) is 0.308. The molecule has 3 N–H and O–H groups in total. The molecule has 1 aromatic heterocycles. The molecule has 0 radical (unpaired) electrons. The Morgan fingerprint density at radius 3 is 3.06 bits per heavy atom. The second kappa shape index (κ2) is 4.59. The number of phenolic OH excluding ortho intramolecular Hbond substituents is 1. The third-order valence-electron chi connectivity index (χ3n) is 3.23. The van der Waals surface area contributed by atoms with Crippen LogP contribution in [-0.4, -0.2) is 21.5 Å². The van der Waals surface area contributed by atoms with Gasteiger partial charge >= 0.3 is 0 Å². The molecule has 0 bridgehead atoms. The summed E-state index contributed by atoms with van der Waals surface area (Å²) < 4.78 is 0. The van der Waals surface area contributed by atoms with E-state index in [0.29, 0.717) is 10.9 Å². The number of hydrogen-bond donors (Lipinski definition) is 2. The number of fused-ring (bicyclic) bond motifs is 1. The van der Waals surface area contributed by atoms with Crippen molar-refractivity contribution >= 4 is 16.5 Å². The minimum Gasteiger partial charge on any atom is -0.508 e. The Bertz CT molecular complexity index is 567. The summed E-state index contributed by atoms with van der Waals surface area (Å²) in [4.78, 5) is 7.62. The zero-order valence-electron chi connectivity index (χ0n) is 9.97. The van der Waals surface area contributed by atoms with Crippen LogP contribution >= 0.6 is 11.3 Å². The van der Waals surface area contributed by atoms with Gasteiger partial charge in [0, 0.05) is 30.7 Å². The number of hydrogen-bond acceptors (Lipinski definition) is 5. The van der Waals surface area contributed by atoms with Gasteiger partial charge in [0.05, 0.1) is 0 Å². The number of nitrogens with two attached hydrogens (primary N) is 1. The highest BCUT2D eigenvalue weighted by Crippen LogP contribution is 2.25. The molecule has 0 aliphatic carbocycles. The smallest absolute Gasteiger partial charge is 0.180 e. The van der Waals surface area contributed by atoms with Crippen molar-refractivity contribution in [1.29, 1.82) is 0 Å². The molecular weight excluding hydrogens is 246 g/mol. The van der Waals surface area contributed by atoms with Crippen LogP contribution in [0.3, 0.4) is 0 Å². The molecule has 0 atom stereocenters. The SMILES string of the molecule is Nc1ncc(CN2CCc3ccc(O)cc3C2)s1. The molecule has 1 aliphatic rings. The number of nitrogen functional groups attached to an aromatic ring is 1. The highest BCUT2D eigenvalue weighted by molar-refractivity contribution is 7.15. The Morgan fingerprint density at radius 1 is 1.39 bits per heavy atom. The van der Waals surface area contributed by atoms with E-state index in [1.54, 1.807) is 17.4 Å². The van der Waals surface area contributed by atoms with E-state index in [1.807, 2.05) is 18.3 Å². The number of thiazole rings is 1. The van der Waals surface area contributed by atoms with Crippen LogP contribution < -0.4 is 5.73 Å². The maximum Gasteiger partial charge on any atom is 0.180 e. The Labute approximate surface area is 110 Å². The van der Waals surface area contributed by atoms with Crippen LogP contribution in [0, 0.1) is 0 Å². The summed E-state index contributed by atoms with van der Waals surface area (Å²) in [5.74, 6) is 0.345. The number of rotatable bonds is 2. The number of phenols is 1. The molecule has 0 saturated carbocycles. The topological polar surface area (TPSA) is 62.4 Å². The normalized spacial score (nSPS) is 15.6. The van der Waals surface area contributed by atoms with E-state index in [-0.39, 0.29) is 0 Å². The van der Waals surface area contributed by atoms with Crippen LogP contribution in [0.5, 0.6) is 5.75 Å². The molecule has 18 heavy (non-hydrogen) atoms. The van der Waals surface area contributed by atoms with Gasteiger partial charge in [0.1, 0.15) is 5.75 Å².